The monoisotopic (exact) mass is 483 g/mol. The van der Waals surface area contributed by atoms with Gasteiger partial charge in [0.25, 0.3) is 0 Å². The summed E-state index contributed by atoms with van der Waals surface area (Å²) in [4.78, 5) is 0. The van der Waals surface area contributed by atoms with Gasteiger partial charge in [-0.05, 0) is 59.9 Å². The maximum Gasteiger partial charge on any atom is 0.146 e. The zero-order valence-corrected chi connectivity index (χ0v) is 21.3. The second kappa shape index (κ2) is 12.7. The SMILES string of the molecule is CCCCCCC1CCC(CCc2ccc3c(F)c(C#Cc4ccc(C#N)c(F)c4)ccc3c2)CC1. The predicted molar refractivity (Wildman–Crippen MR) is 144 cm³/mol. The molecule has 0 saturated heterocycles. The van der Waals surface area contributed by atoms with Crippen LogP contribution < -0.4 is 0 Å². The van der Waals surface area contributed by atoms with E-state index in [9.17, 15) is 4.39 Å². The summed E-state index contributed by atoms with van der Waals surface area (Å²) in [5.41, 5.74) is 1.92. The van der Waals surface area contributed by atoms with Gasteiger partial charge in [0.05, 0.1) is 11.1 Å². The van der Waals surface area contributed by atoms with Crippen LogP contribution in [0.3, 0.4) is 0 Å². The number of benzene rings is 3. The van der Waals surface area contributed by atoms with Gasteiger partial charge in [0.2, 0.25) is 0 Å². The first-order valence-corrected chi connectivity index (χ1v) is 13.5. The molecule has 0 aromatic heterocycles. The Kier molecular flexibility index (Phi) is 9.13. The summed E-state index contributed by atoms with van der Waals surface area (Å²) in [6.07, 6.45) is 14.6. The number of hydrogen-bond donors (Lipinski definition) is 0. The van der Waals surface area contributed by atoms with Crippen molar-refractivity contribution in [2.24, 2.45) is 11.8 Å². The highest BCUT2D eigenvalue weighted by atomic mass is 19.1. The predicted octanol–water partition coefficient (Wildman–Crippen LogP) is 9.10. The molecule has 3 aromatic carbocycles. The minimum atomic E-state index is -0.619. The van der Waals surface area contributed by atoms with Gasteiger partial charge in [-0.25, -0.2) is 8.78 Å². The second-order valence-corrected chi connectivity index (χ2v) is 10.3. The maximum atomic E-state index is 15.1. The molecule has 3 heteroatoms. The number of unbranched alkanes of at least 4 members (excludes halogenated alkanes) is 3. The molecule has 0 atom stereocenters. The molecule has 3 aromatic rings. The average molecular weight is 484 g/mol. The summed E-state index contributed by atoms with van der Waals surface area (Å²) >= 11 is 0. The molecule has 186 valence electrons. The van der Waals surface area contributed by atoms with Gasteiger partial charge in [0, 0.05) is 10.9 Å². The van der Waals surface area contributed by atoms with E-state index in [-0.39, 0.29) is 16.9 Å². The molecular weight excluding hydrogens is 448 g/mol. The molecule has 4 rings (SSSR count). The van der Waals surface area contributed by atoms with Gasteiger partial charge < -0.3 is 0 Å². The summed E-state index contributed by atoms with van der Waals surface area (Å²) in [6.45, 7) is 2.27. The van der Waals surface area contributed by atoms with Crippen molar-refractivity contribution in [3.05, 3.63) is 82.4 Å². The van der Waals surface area contributed by atoms with Gasteiger partial charge in [-0.3, -0.25) is 0 Å². The minimum Gasteiger partial charge on any atom is -0.206 e. The number of hydrogen-bond acceptors (Lipinski definition) is 1. The van der Waals surface area contributed by atoms with Crippen molar-refractivity contribution in [3.63, 3.8) is 0 Å². The molecular formula is C33H35F2N. The van der Waals surface area contributed by atoms with Crippen LogP contribution in [0.4, 0.5) is 8.78 Å². The zero-order chi connectivity index (χ0) is 25.3. The van der Waals surface area contributed by atoms with Crippen molar-refractivity contribution >= 4 is 10.8 Å². The normalized spacial score (nSPS) is 17.4. The molecule has 1 saturated carbocycles. The standard InChI is InChI=1S/C33H35F2N/c1-2-3-4-5-6-24-7-9-25(10-8-24)11-12-26-15-20-31-29(21-26)19-18-28(33(31)35)16-13-27-14-17-30(23-36)32(34)22-27/h14-15,17-22,24-25H,2-12H2,1H3. The third kappa shape index (κ3) is 6.73. The Morgan fingerprint density at radius 1 is 0.806 bits per heavy atom. The molecule has 0 bridgehead atoms. The van der Waals surface area contributed by atoms with E-state index in [4.69, 9.17) is 5.26 Å². The van der Waals surface area contributed by atoms with Gasteiger partial charge in [-0.15, -0.1) is 0 Å². The molecule has 0 radical (unpaired) electrons. The van der Waals surface area contributed by atoms with Gasteiger partial charge in [0.1, 0.15) is 17.7 Å². The van der Waals surface area contributed by atoms with Crippen LogP contribution in [0.1, 0.15) is 93.4 Å². The number of nitriles is 1. The molecule has 0 unspecified atom stereocenters. The van der Waals surface area contributed by atoms with Crippen LogP contribution >= 0.6 is 0 Å². The van der Waals surface area contributed by atoms with Crippen LogP contribution in [0.2, 0.25) is 0 Å². The van der Waals surface area contributed by atoms with Crippen molar-refractivity contribution < 1.29 is 8.78 Å². The third-order valence-corrected chi connectivity index (χ3v) is 7.72. The molecule has 0 heterocycles. The Morgan fingerprint density at radius 2 is 1.56 bits per heavy atom. The van der Waals surface area contributed by atoms with Gasteiger partial charge in [-0.2, -0.15) is 5.26 Å². The van der Waals surface area contributed by atoms with Crippen LogP contribution in [0.15, 0.2) is 48.5 Å². The van der Waals surface area contributed by atoms with Crippen molar-refractivity contribution in [3.8, 4) is 17.9 Å². The van der Waals surface area contributed by atoms with Gasteiger partial charge in [-0.1, -0.05) is 101 Å². The van der Waals surface area contributed by atoms with Crippen LogP contribution in [0, 0.1) is 46.6 Å². The first-order valence-electron chi connectivity index (χ1n) is 13.5. The van der Waals surface area contributed by atoms with E-state index < -0.39 is 5.82 Å². The molecule has 1 aliphatic rings. The highest BCUT2D eigenvalue weighted by Gasteiger charge is 2.20. The van der Waals surface area contributed by atoms with Crippen molar-refractivity contribution in [2.75, 3.05) is 0 Å². The maximum absolute atomic E-state index is 15.1. The summed E-state index contributed by atoms with van der Waals surface area (Å²) < 4.78 is 28.9. The molecule has 36 heavy (non-hydrogen) atoms. The molecule has 1 fully saturated rings. The van der Waals surface area contributed by atoms with Crippen LogP contribution in [0.5, 0.6) is 0 Å². The molecule has 0 amide bonds. The van der Waals surface area contributed by atoms with E-state index in [0.29, 0.717) is 10.9 Å². The Bertz CT molecular complexity index is 1280. The highest BCUT2D eigenvalue weighted by molar-refractivity contribution is 5.85. The second-order valence-electron chi connectivity index (χ2n) is 10.3. The first kappa shape index (κ1) is 25.9. The number of fused-ring (bicyclic) bond motifs is 1. The smallest absolute Gasteiger partial charge is 0.146 e. The summed E-state index contributed by atoms with van der Waals surface area (Å²) in [7, 11) is 0. The molecule has 0 spiro atoms. The van der Waals surface area contributed by atoms with E-state index in [0.717, 1.165) is 23.6 Å². The molecule has 0 N–H and O–H groups in total. The lowest BCUT2D eigenvalue weighted by Gasteiger charge is -2.28. The fourth-order valence-electron chi connectivity index (χ4n) is 5.46. The Labute approximate surface area is 214 Å². The first-order chi connectivity index (χ1) is 17.6. The van der Waals surface area contributed by atoms with E-state index in [1.54, 1.807) is 18.2 Å². The molecule has 1 nitrogen and oxygen atoms in total. The minimum absolute atomic E-state index is 0.0290. The van der Waals surface area contributed by atoms with E-state index >= 15 is 4.39 Å². The fourth-order valence-corrected chi connectivity index (χ4v) is 5.46. The number of aryl methyl sites for hydroxylation is 1. The fraction of sp³-hybridized carbons (Fsp3) is 0.424. The van der Waals surface area contributed by atoms with Gasteiger partial charge in [0.15, 0.2) is 0 Å². The Morgan fingerprint density at radius 3 is 2.28 bits per heavy atom. The molecule has 1 aliphatic carbocycles. The topological polar surface area (TPSA) is 23.8 Å². The number of nitrogens with zero attached hydrogens (tertiary/aromatic N) is 1. The highest BCUT2D eigenvalue weighted by Crippen LogP contribution is 2.34. The van der Waals surface area contributed by atoms with Crippen LogP contribution in [0.25, 0.3) is 10.8 Å². The summed E-state index contributed by atoms with van der Waals surface area (Å²) in [5.74, 6) is 6.41. The largest absolute Gasteiger partial charge is 0.206 e. The lowest BCUT2D eigenvalue weighted by atomic mass is 9.77. The number of rotatable bonds is 8. The van der Waals surface area contributed by atoms with Gasteiger partial charge >= 0.3 is 0 Å². The Balaban J connectivity index is 1.34. The van der Waals surface area contributed by atoms with Crippen LogP contribution in [-0.4, -0.2) is 0 Å². The van der Waals surface area contributed by atoms with Crippen molar-refractivity contribution in [2.45, 2.75) is 77.6 Å². The lowest BCUT2D eigenvalue weighted by molar-refractivity contribution is 0.249. The van der Waals surface area contributed by atoms with Crippen LogP contribution in [-0.2, 0) is 6.42 Å². The quantitative estimate of drug-likeness (QED) is 0.231. The average Bonchev–Trinajstić information content (AvgIpc) is 2.90. The Hall–Kier alpha value is -3.17. The number of halogens is 2. The summed E-state index contributed by atoms with van der Waals surface area (Å²) in [5, 5.41) is 10.3. The third-order valence-electron chi connectivity index (χ3n) is 7.72. The molecule has 0 aliphatic heterocycles. The van der Waals surface area contributed by atoms with E-state index in [1.807, 2.05) is 18.2 Å². The summed E-state index contributed by atoms with van der Waals surface area (Å²) in [6, 6.07) is 15.6. The van der Waals surface area contributed by atoms with Crippen molar-refractivity contribution in [1.82, 2.24) is 0 Å². The lowest BCUT2D eigenvalue weighted by Crippen LogP contribution is -2.15. The van der Waals surface area contributed by atoms with E-state index in [2.05, 4.69) is 24.8 Å². The van der Waals surface area contributed by atoms with E-state index in [1.165, 1.54) is 81.9 Å². The van der Waals surface area contributed by atoms with Crippen molar-refractivity contribution in [1.29, 1.82) is 5.26 Å². The zero-order valence-electron chi connectivity index (χ0n) is 21.3.